The summed E-state index contributed by atoms with van der Waals surface area (Å²) in [5, 5.41) is 13.0. The highest BCUT2D eigenvalue weighted by atomic mass is 35.5. The molecule has 0 saturated carbocycles. The second-order valence-corrected chi connectivity index (χ2v) is 8.07. The normalized spacial score (nSPS) is 11.2. The lowest BCUT2D eigenvalue weighted by molar-refractivity contribution is 0.102. The molecule has 0 aliphatic carbocycles. The van der Waals surface area contributed by atoms with Gasteiger partial charge in [-0.25, -0.2) is 4.39 Å². The number of rotatable bonds is 4. The van der Waals surface area contributed by atoms with Gasteiger partial charge in [-0.3, -0.25) is 9.89 Å². The fourth-order valence-electron chi connectivity index (χ4n) is 3.32. The van der Waals surface area contributed by atoms with Gasteiger partial charge in [-0.2, -0.15) is 5.10 Å². The largest absolute Gasteiger partial charge is 0.453 e. The summed E-state index contributed by atoms with van der Waals surface area (Å²) in [6.07, 6.45) is 0. The van der Waals surface area contributed by atoms with E-state index >= 15 is 0 Å². The minimum Gasteiger partial charge on any atom is -0.453 e. The Balaban J connectivity index is 1.60. The molecule has 31 heavy (non-hydrogen) atoms. The van der Waals surface area contributed by atoms with Crippen molar-refractivity contribution in [2.24, 2.45) is 0 Å². The summed E-state index contributed by atoms with van der Waals surface area (Å²) in [6, 6.07) is 14.8. The Morgan fingerprint density at radius 2 is 2.03 bits per heavy atom. The van der Waals surface area contributed by atoms with Crippen molar-refractivity contribution < 1.29 is 13.9 Å². The van der Waals surface area contributed by atoms with Gasteiger partial charge in [0.05, 0.1) is 27.2 Å². The van der Waals surface area contributed by atoms with Gasteiger partial charge >= 0.3 is 0 Å². The summed E-state index contributed by atoms with van der Waals surface area (Å²) in [6.45, 7) is 0. The minimum absolute atomic E-state index is 0.0891. The van der Waals surface area contributed by atoms with E-state index in [9.17, 15) is 9.18 Å². The van der Waals surface area contributed by atoms with Crippen LogP contribution in [0.3, 0.4) is 0 Å². The number of H-pyrrole nitrogens is 1. The molecule has 2 aromatic heterocycles. The Kier molecular flexibility index (Phi) is 4.72. The van der Waals surface area contributed by atoms with E-state index in [1.165, 1.54) is 23.5 Å². The molecule has 6 nitrogen and oxygen atoms in total. The number of nitrogen functional groups attached to an aromatic ring is 1. The number of carbonyl (C=O) groups is 1. The van der Waals surface area contributed by atoms with Crippen molar-refractivity contribution in [3.05, 3.63) is 76.4 Å². The van der Waals surface area contributed by atoms with E-state index in [2.05, 4.69) is 15.5 Å². The number of hydrogen-bond acceptors (Lipinski definition) is 5. The molecule has 0 radical (unpaired) electrons. The number of aromatic amines is 1. The smallest absolute Gasteiger partial charge is 0.257 e. The van der Waals surface area contributed by atoms with Gasteiger partial charge in [-0.05, 0) is 30.3 Å². The molecule has 0 atom stereocenters. The maximum Gasteiger partial charge on any atom is 0.257 e. The average Bonchev–Trinajstić information content (AvgIpc) is 3.36. The number of thiophene rings is 1. The Labute approximate surface area is 184 Å². The molecular weight excluding hydrogens is 439 g/mol. The molecular formula is C22H14ClFN4O2S. The average molecular weight is 453 g/mol. The molecule has 2 heterocycles. The van der Waals surface area contributed by atoms with Crippen LogP contribution in [0.15, 0.2) is 60.0 Å². The van der Waals surface area contributed by atoms with Crippen molar-refractivity contribution in [2.75, 3.05) is 11.1 Å². The van der Waals surface area contributed by atoms with Gasteiger partial charge in [0, 0.05) is 21.5 Å². The minimum atomic E-state index is -0.512. The Morgan fingerprint density at radius 3 is 2.90 bits per heavy atom. The maximum atomic E-state index is 13.8. The molecule has 0 aliphatic heterocycles. The molecule has 0 unspecified atom stereocenters. The standard InChI is InChI=1S/C22H14ClFN4O2S/c23-14-6-5-11(24)9-17(14)30-20-16(8-7-15-19(20)21(25)28-27-15)26-22(29)13-10-31-18-4-2-1-3-12(13)18/h1-10H,(H,26,29)(H3,25,27,28). The molecule has 0 aliphatic rings. The number of carbonyl (C=O) groups excluding carboxylic acids is 1. The van der Waals surface area contributed by atoms with Gasteiger partial charge in [0.1, 0.15) is 11.6 Å². The monoisotopic (exact) mass is 452 g/mol. The zero-order valence-electron chi connectivity index (χ0n) is 15.8. The predicted octanol–water partition coefficient (Wildman–Crippen LogP) is 6.20. The van der Waals surface area contributed by atoms with Crippen LogP contribution in [0.25, 0.3) is 21.0 Å². The summed E-state index contributed by atoms with van der Waals surface area (Å²) < 4.78 is 20.7. The molecule has 4 N–H and O–H groups in total. The van der Waals surface area contributed by atoms with Crippen molar-refractivity contribution in [3.8, 4) is 11.5 Å². The summed E-state index contributed by atoms with van der Waals surface area (Å²) >= 11 is 7.67. The van der Waals surface area contributed by atoms with Gasteiger partial charge in [0.2, 0.25) is 0 Å². The number of nitrogens with zero attached hydrogens (tertiary/aromatic N) is 1. The Bertz CT molecular complexity index is 1460. The number of ether oxygens (including phenoxy) is 1. The highest BCUT2D eigenvalue weighted by Gasteiger charge is 2.20. The Hall–Kier alpha value is -3.62. The fourth-order valence-corrected chi connectivity index (χ4v) is 4.42. The Morgan fingerprint density at radius 1 is 1.19 bits per heavy atom. The first-order valence-corrected chi connectivity index (χ1v) is 10.4. The third-order valence-electron chi connectivity index (χ3n) is 4.79. The van der Waals surface area contributed by atoms with Crippen molar-refractivity contribution >= 4 is 61.3 Å². The van der Waals surface area contributed by atoms with E-state index in [-0.39, 0.29) is 28.2 Å². The van der Waals surface area contributed by atoms with Crippen LogP contribution in [0.1, 0.15) is 10.4 Å². The first kappa shape index (κ1) is 19.3. The van der Waals surface area contributed by atoms with Crippen LogP contribution in [0.2, 0.25) is 5.02 Å². The zero-order chi connectivity index (χ0) is 21.5. The number of hydrogen-bond donors (Lipinski definition) is 3. The van der Waals surface area contributed by atoms with Gasteiger partial charge < -0.3 is 15.8 Å². The molecule has 3 aromatic carbocycles. The number of anilines is 2. The molecule has 0 fully saturated rings. The van der Waals surface area contributed by atoms with Crippen molar-refractivity contribution in [3.63, 3.8) is 0 Å². The number of amides is 1. The van der Waals surface area contributed by atoms with Crippen molar-refractivity contribution in [2.45, 2.75) is 0 Å². The fraction of sp³-hybridized carbons (Fsp3) is 0. The highest BCUT2D eigenvalue weighted by Crippen LogP contribution is 2.41. The van der Waals surface area contributed by atoms with E-state index in [1.54, 1.807) is 17.5 Å². The molecule has 9 heteroatoms. The van der Waals surface area contributed by atoms with Crippen LogP contribution in [0.4, 0.5) is 15.9 Å². The highest BCUT2D eigenvalue weighted by molar-refractivity contribution is 7.17. The molecule has 1 amide bonds. The third-order valence-corrected chi connectivity index (χ3v) is 6.07. The van der Waals surface area contributed by atoms with Crippen LogP contribution in [0.5, 0.6) is 11.5 Å². The van der Waals surface area contributed by atoms with Gasteiger partial charge in [-0.15, -0.1) is 11.3 Å². The number of aromatic nitrogens is 2. The van der Waals surface area contributed by atoms with Crippen LogP contribution in [-0.2, 0) is 0 Å². The van der Waals surface area contributed by atoms with E-state index in [4.69, 9.17) is 22.1 Å². The summed E-state index contributed by atoms with van der Waals surface area (Å²) in [4.78, 5) is 13.1. The lowest BCUT2D eigenvalue weighted by Gasteiger charge is -2.14. The predicted molar refractivity (Wildman–Crippen MR) is 122 cm³/mol. The first-order valence-electron chi connectivity index (χ1n) is 9.18. The molecule has 0 bridgehead atoms. The maximum absolute atomic E-state index is 13.8. The van der Waals surface area contributed by atoms with Crippen molar-refractivity contribution in [1.82, 2.24) is 10.2 Å². The second-order valence-electron chi connectivity index (χ2n) is 6.75. The van der Waals surface area contributed by atoms with Crippen molar-refractivity contribution in [1.29, 1.82) is 0 Å². The summed E-state index contributed by atoms with van der Waals surface area (Å²) in [5.74, 6) is -0.346. The second kappa shape index (κ2) is 7.57. The van der Waals surface area contributed by atoms with Gasteiger partial charge in [-0.1, -0.05) is 29.8 Å². The SMILES string of the molecule is Nc1n[nH]c2ccc(NC(=O)c3csc4ccccc34)c(Oc3cc(F)ccc3Cl)c12. The number of nitrogens with one attached hydrogen (secondary N) is 2. The van der Waals surface area contributed by atoms with E-state index in [0.717, 1.165) is 16.2 Å². The molecule has 5 rings (SSSR count). The lowest BCUT2D eigenvalue weighted by atomic mass is 10.1. The summed E-state index contributed by atoms with van der Waals surface area (Å²) in [5.41, 5.74) is 7.51. The quantitative estimate of drug-likeness (QED) is 0.303. The van der Waals surface area contributed by atoms with Crippen LogP contribution in [-0.4, -0.2) is 16.1 Å². The van der Waals surface area contributed by atoms with Crippen LogP contribution in [0, 0.1) is 5.82 Å². The van der Waals surface area contributed by atoms with Crippen LogP contribution >= 0.6 is 22.9 Å². The van der Waals surface area contributed by atoms with Gasteiger partial charge in [0.15, 0.2) is 11.6 Å². The number of fused-ring (bicyclic) bond motifs is 2. The van der Waals surface area contributed by atoms with Gasteiger partial charge in [0.25, 0.3) is 5.91 Å². The molecule has 0 saturated heterocycles. The lowest BCUT2D eigenvalue weighted by Crippen LogP contribution is -2.12. The number of halogens is 2. The molecule has 154 valence electrons. The topological polar surface area (TPSA) is 93.0 Å². The zero-order valence-corrected chi connectivity index (χ0v) is 17.4. The number of benzene rings is 3. The van der Waals surface area contributed by atoms with Crippen LogP contribution < -0.4 is 15.8 Å². The van der Waals surface area contributed by atoms with E-state index < -0.39 is 5.82 Å². The first-order chi connectivity index (χ1) is 15.0. The van der Waals surface area contributed by atoms with E-state index in [1.807, 2.05) is 24.3 Å². The third kappa shape index (κ3) is 3.45. The number of nitrogens with two attached hydrogens (primary N) is 1. The molecule has 5 aromatic rings. The summed E-state index contributed by atoms with van der Waals surface area (Å²) in [7, 11) is 0. The van der Waals surface area contributed by atoms with E-state index in [0.29, 0.717) is 22.2 Å². The molecule has 0 spiro atoms.